The third kappa shape index (κ3) is 3.75. The molecular formula is C18H24N2O4. The van der Waals surface area contributed by atoms with Crippen molar-refractivity contribution in [2.45, 2.75) is 46.1 Å². The summed E-state index contributed by atoms with van der Waals surface area (Å²) in [5, 5.41) is 5.14. The lowest BCUT2D eigenvalue weighted by atomic mass is 9.94. The molecule has 6 heteroatoms. The molecule has 1 atom stereocenters. The van der Waals surface area contributed by atoms with Crippen LogP contribution in [-0.2, 0) is 20.7 Å². The summed E-state index contributed by atoms with van der Waals surface area (Å²) in [6.45, 7) is 7.48. The maximum absolute atomic E-state index is 12.4. The van der Waals surface area contributed by atoms with E-state index in [0.717, 1.165) is 16.9 Å². The number of hydrazone groups is 1. The summed E-state index contributed by atoms with van der Waals surface area (Å²) in [4.78, 5) is 23.8. The highest BCUT2D eigenvalue weighted by Gasteiger charge is 2.38. The molecule has 1 aliphatic rings. The first-order valence-electron chi connectivity index (χ1n) is 7.84. The predicted molar refractivity (Wildman–Crippen MR) is 91.2 cm³/mol. The highest BCUT2D eigenvalue weighted by Crippen LogP contribution is 2.40. The first-order chi connectivity index (χ1) is 11.1. The van der Waals surface area contributed by atoms with Crippen molar-refractivity contribution in [2.75, 3.05) is 14.2 Å². The molecule has 0 radical (unpaired) electrons. The van der Waals surface area contributed by atoms with Gasteiger partial charge in [0.25, 0.3) is 0 Å². The lowest BCUT2D eigenvalue weighted by Crippen LogP contribution is -2.38. The number of ether oxygens (including phenoxy) is 2. The van der Waals surface area contributed by atoms with E-state index in [1.807, 2.05) is 20.8 Å². The van der Waals surface area contributed by atoms with Crippen LogP contribution >= 0.6 is 0 Å². The fourth-order valence-electron chi connectivity index (χ4n) is 3.01. The number of hydrogen-bond acceptors (Lipinski definition) is 5. The zero-order chi connectivity index (χ0) is 18.1. The molecule has 1 heterocycles. The molecule has 2 rings (SSSR count). The van der Waals surface area contributed by atoms with Gasteiger partial charge in [-0.25, -0.2) is 9.80 Å². The largest absolute Gasteiger partial charge is 0.486 e. The Morgan fingerprint density at radius 3 is 2.67 bits per heavy atom. The minimum atomic E-state index is -0.610. The third-order valence-corrected chi connectivity index (χ3v) is 4.08. The van der Waals surface area contributed by atoms with E-state index in [9.17, 15) is 9.59 Å². The van der Waals surface area contributed by atoms with Crippen LogP contribution < -0.4 is 4.74 Å². The number of benzene rings is 1. The van der Waals surface area contributed by atoms with Gasteiger partial charge in [-0.2, -0.15) is 5.10 Å². The Hall–Kier alpha value is -2.37. The Labute approximate surface area is 142 Å². The molecule has 24 heavy (non-hydrogen) atoms. The van der Waals surface area contributed by atoms with Crippen LogP contribution in [0.15, 0.2) is 17.2 Å². The van der Waals surface area contributed by atoms with Gasteiger partial charge in [0.15, 0.2) is 0 Å². The first kappa shape index (κ1) is 18.0. The van der Waals surface area contributed by atoms with Gasteiger partial charge < -0.3 is 9.47 Å². The Morgan fingerprint density at radius 2 is 2.04 bits per heavy atom. The lowest BCUT2D eigenvalue weighted by molar-refractivity contribution is -0.133. The first-order valence-corrected chi connectivity index (χ1v) is 7.84. The fraction of sp³-hybridized carbons (Fsp3) is 0.500. The van der Waals surface area contributed by atoms with Gasteiger partial charge >= 0.3 is 5.97 Å². The van der Waals surface area contributed by atoms with Gasteiger partial charge in [0.2, 0.25) is 5.91 Å². The number of nitrogens with zero attached hydrogens (tertiary/aromatic N) is 2. The standard InChI is InChI=1S/C18H24N2O4/c1-11-7-12(2)16-14(8-11)9-18(4,24-16)10-15(21)20(5)19-13(3)17(22)23-6/h7-8H,9-10H2,1-6H3. The summed E-state index contributed by atoms with van der Waals surface area (Å²) in [6.07, 6.45) is 0.846. The molecule has 0 fully saturated rings. The van der Waals surface area contributed by atoms with Crippen LogP contribution in [0.4, 0.5) is 0 Å². The maximum atomic E-state index is 12.4. The Morgan fingerprint density at radius 1 is 1.38 bits per heavy atom. The number of esters is 1. The van der Waals surface area contributed by atoms with E-state index in [1.54, 1.807) is 0 Å². The van der Waals surface area contributed by atoms with E-state index in [1.165, 1.54) is 31.7 Å². The third-order valence-electron chi connectivity index (χ3n) is 4.08. The topological polar surface area (TPSA) is 68.2 Å². The number of rotatable bonds is 4. The van der Waals surface area contributed by atoms with Crippen LogP contribution in [0.1, 0.15) is 37.0 Å². The van der Waals surface area contributed by atoms with Crippen LogP contribution in [-0.4, -0.2) is 42.4 Å². The van der Waals surface area contributed by atoms with Crippen molar-refractivity contribution in [3.05, 3.63) is 28.8 Å². The lowest BCUT2D eigenvalue weighted by Gasteiger charge is -2.25. The molecule has 0 saturated carbocycles. The number of aryl methyl sites for hydroxylation is 2. The van der Waals surface area contributed by atoms with E-state index >= 15 is 0 Å². The molecule has 1 unspecified atom stereocenters. The summed E-state index contributed by atoms with van der Waals surface area (Å²) in [5.41, 5.74) is 2.90. The van der Waals surface area contributed by atoms with Crippen LogP contribution in [0, 0.1) is 13.8 Å². The van der Waals surface area contributed by atoms with Crippen LogP contribution in [0.5, 0.6) is 5.75 Å². The molecule has 0 spiro atoms. The molecule has 1 aliphatic heterocycles. The van der Waals surface area contributed by atoms with Gasteiger partial charge in [-0.3, -0.25) is 4.79 Å². The molecule has 0 bridgehead atoms. The molecule has 1 amide bonds. The van der Waals surface area contributed by atoms with Gasteiger partial charge in [-0.1, -0.05) is 17.7 Å². The Kier molecular flexibility index (Phi) is 4.96. The van der Waals surface area contributed by atoms with E-state index in [0.29, 0.717) is 6.42 Å². The quantitative estimate of drug-likeness (QED) is 0.482. The van der Waals surface area contributed by atoms with Crippen LogP contribution in [0.2, 0.25) is 0 Å². The number of hydrogen-bond donors (Lipinski definition) is 0. The van der Waals surface area contributed by atoms with Crippen molar-refractivity contribution in [3.63, 3.8) is 0 Å². The van der Waals surface area contributed by atoms with E-state index in [2.05, 4.69) is 22.0 Å². The normalized spacial score (nSPS) is 19.5. The number of carbonyl (C=O) groups excluding carboxylic acids is 2. The highest BCUT2D eigenvalue weighted by atomic mass is 16.5. The monoisotopic (exact) mass is 332 g/mol. The number of fused-ring (bicyclic) bond motifs is 1. The Bertz CT molecular complexity index is 711. The van der Waals surface area contributed by atoms with E-state index in [-0.39, 0.29) is 18.0 Å². The second kappa shape index (κ2) is 6.63. The van der Waals surface area contributed by atoms with Crippen molar-refractivity contribution in [1.82, 2.24) is 5.01 Å². The summed E-state index contributed by atoms with van der Waals surface area (Å²) < 4.78 is 10.7. The second-order valence-corrected chi connectivity index (χ2v) is 6.57. The van der Waals surface area contributed by atoms with Gasteiger partial charge in [-0.15, -0.1) is 0 Å². The molecule has 1 aromatic carbocycles. The van der Waals surface area contributed by atoms with Crippen molar-refractivity contribution in [2.24, 2.45) is 5.10 Å². The average molecular weight is 332 g/mol. The number of amides is 1. The molecule has 0 aliphatic carbocycles. The van der Waals surface area contributed by atoms with Gasteiger partial charge in [0, 0.05) is 13.5 Å². The summed E-state index contributed by atoms with van der Waals surface area (Å²) in [5.74, 6) is 0.0900. The fourth-order valence-corrected chi connectivity index (χ4v) is 3.01. The summed E-state index contributed by atoms with van der Waals surface area (Å²) in [6, 6.07) is 4.17. The number of carbonyl (C=O) groups is 2. The minimum absolute atomic E-state index is 0.126. The zero-order valence-corrected chi connectivity index (χ0v) is 15.1. The molecule has 0 aromatic heterocycles. The predicted octanol–water partition coefficient (Wildman–Crippen LogP) is 2.39. The SMILES string of the molecule is COC(=O)C(C)=NN(C)C(=O)CC1(C)Cc2cc(C)cc(C)c2O1. The summed E-state index contributed by atoms with van der Waals surface area (Å²) in [7, 11) is 2.80. The second-order valence-electron chi connectivity index (χ2n) is 6.57. The molecule has 1 aromatic rings. The van der Waals surface area contributed by atoms with Gasteiger partial charge in [0.05, 0.1) is 13.5 Å². The van der Waals surface area contributed by atoms with Crippen molar-refractivity contribution < 1.29 is 19.1 Å². The van der Waals surface area contributed by atoms with Crippen LogP contribution in [0.25, 0.3) is 0 Å². The molecular weight excluding hydrogens is 308 g/mol. The average Bonchev–Trinajstić information content (AvgIpc) is 2.82. The van der Waals surface area contributed by atoms with Crippen molar-refractivity contribution in [3.8, 4) is 5.75 Å². The van der Waals surface area contributed by atoms with Gasteiger partial charge in [-0.05, 0) is 38.8 Å². The minimum Gasteiger partial charge on any atom is -0.486 e. The number of methoxy groups -OCH3 is 1. The van der Waals surface area contributed by atoms with E-state index < -0.39 is 11.6 Å². The smallest absolute Gasteiger partial charge is 0.353 e. The summed E-state index contributed by atoms with van der Waals surface area (Å²) >= 11 is 0. The Balaban J connectivity index is 2.10. The van der Waals surface area contributed by atoms with E-state index in [4.69, 9.17) is 4.74 Å². The molecule has 0 N–H and O–H groups in total. The maximum Gasteiger partial charge on any atom is 0.353 e. The van der Waals surface area contributed by atoms with Gasteiger partial charge in [0.1, 0.15) is 17.1 Å². The van der Waals surface area contributed by atoms with Crippen molar-refractivity contribution in [1.29, 1.82) is 0 Å². The molecule has 0 saturated heterocycles. The highest BCUT2D eigenvalue weighted by molar-refractivity contribution is 6.35. The zero-order valence-electron chi connectivity index (χ0n) is 15.1. The van der Waals surface area contributed by atoms with Crippen molar-refractivity contribution >= 4 is 17.6 Å². The van der Waals surface area contributed by atoms with Crippen LogP contribution in [0.3, 0.4) is 0 Å². The molecule has 130 valence electrons. The molecule has 6 nitrogen and oxygen atoms in total.